The zero-order chi connectivity index (χ0) is 14.9. The average Bonchev–Trinajstić information content (AvgIpc) is 2.40. The molecule has 2 N–H and O–H groups in total. The smallest absolute Gasteiger partial charge is 0.285 e. The number of rotatable bonds is 3. The number of hydrogen-bond acceptors (Lipinski definition) is 4. The predicted molar refractivity (Wildman–Crippen MR) is 78.9 cm³/mol. The van der Waals surface area contributed by atoms with Gasteiger partial charge in [-0.05, 0) is 30.7 Å². The lowest BCUT2D eigenvalue weighted by Crippen LogP contribution is -2.45. The van der Waals surface area contributed by atoms with E-state index in [4.69, 9.17) is 5.73 Å². The van der Waals surface area contributed by atoms with E-state index in [1.807, 2.05) is 0 Å². The fourth-order valence-corrected chi connectivity index (χ4v) is 4.66. The Hall–Kier alpha value is -1.27. The number of nitrogens with two attached hydrogens (primary N) is 1. The van der Waals surface area contributed by atoms with Gasteiger partial charge in [0.25, 0.3) is 5.69 Å². The van der Waals surface area contributed by atoms with Crippen molar-refractivity contribution in [3.8, 4) is 0 Å². The van der Waals surface area contributed by atoms with E-state index in [-0.39, 0.29) is 27.3 Å². The third-order valence-electron chi connectivity index (χ3n) is 3.94. The molecule has 0 spiro atoms. The summed E-state index contributed by atoms with van der Waals surface area (Å²) in [5.41, 5.74) is 6.10. The molecular formula is C14H20N2O3S. The van der Waals surface area contributed by atoms with Gasteiger partial charge in [0.15, 0.2) is 0 Å². The van der Waals surface area contributed by atoms with Crippen LogP contribution in [0, 0.1) is 15.5 Å². The zero-order valence-corrected chi connectivity index (χ0v) is 12.6. The Morgan fingerprint density at radius 1 is 1.40 bits per heavy atom. The van der Waals surface area contributed by atoms with Gasteiger partial charge < -0.3 is 5.73 Å². The Bertz CT molecular complexity index is 545. The molecule has 1 aliphatic carbocycles. The second kappa shape index (κ2) is 5.61. The molecule has 5 nitrogen and oxygen atoms in total. The molecule has 6 heteroatoms. The van der Waals surface area contributed by atoms with Gasteiger partial charge in [-0.15, -0.1) is 0 Å². The molecule has 110 valence electrons. The van der Waals surface area contributed by atoms with E-state index in [0.29, 0.717) is 0 Å². The molecule has 0 aromatic heterocycles. The SMILES string of the molecule is CC1(C)CCC(N)C(S(=O)c2ccccc2[N+](=O)[O-])C1. The van der Waals surface area contributed by atoms with Crippen LogP contribution in [0.2, 0.25) is 0 Å². The molecule has 2 rings (SSSR count). The minimum absolute atomic E-state index is 0.0820. The van der Waals surface area contributed by atoms with Gasteiger partial charge in [-0.25, -0.2) is 0 Å². The minimum atomic E-state index is -1.45. The fourth-order valence-electron chi connectivity index (χ4n) is 2.72. The van der Waals surface area contributed by atoms with Crippen molar-refractivity contribution in [2.45, 2.75) is 49.3 Å². The fraction of sp³-hybridized carbons (Fsp3) is 0.571. The van der Waals surface area contributed by atoms with Gasteiger partial charge in [0.1, 0.15) is 4.90 Å². The summed E-state index contributed by atoms with van der Waals surface area (Å²) >= 11 is 0. The average molecular weight is 296 g/mol. The van der Waals surface area contributed by atoms with Gasteiger partial charge in [0.2, 0.25) is 0 Å². The van der Waals surface area contributed by atoms with Gasteiger partial charge >= 0.3 is 0 Å². The molecule has 0 aliphatic heterocycles. The number of benzene rings is 1. The summed E-state index contributed by atoms with van der Waals surface area (Å²) in [6.45, 7) is 4.25. The molecule has 1 saturated carbocycles. The highest BCUT2D eigenvalue weighted by atomic mass is 32.2. The first-order valence-corrected chi connectivity index (χ1v) is 7.93. The van der Waals surface area contributed by atoms with Gasteiger partial charge in [-0.1, -0.05) is 26.0 Å². The third-order valence-corrected chi connectivity index (χ3v) is 5.78. The monoisotopic (exact) mass is 296 g/mol. The number of hydrogen-bond donors (Lipinski definition) is 1. The highest BCUT2D eigenvalue weighted by molar-refractivity contribution is 7.86. The summed E-state index contributed by atoms with van der Waals surface area (Å²) in [7, 11) is -1.45. The summed E-state index contributed by atoms with van der Waals surface area (Å²) < 4.78 is 12.7. The molecular weight excluding hydrogens is 276 g/mol. The Kier molecular flexibility index (Phi) is 4.25. The number of nitrogens with zero attached hydrogens (tertiary/aromatic N) is 1. The van der Waals surface area contributed by atoms with Crippen LogP contribution < -0.4 is 5.73 Å². The van der Waals surface area contributed by atoms with Crippen LogP contribution in [0.15, 0.2) is 29.2 Å². The molecule has 0 amide bonds. The second-order valence-electron chi connectivity index (χ2n) is 6.13. The van der Waals surface area contributed by atoms with Crippen LogP contribution in [0.4, 0.5) is 5.69 Å². The van der Waals surface area contributed by atoms with Crippen molar-refractivity contribution < 1.29 is 9.13 Å². The van der Waals surface area contributed by atoms with Crippen LogP contribution in [0.5, 0.6) is 0 Å². The van der Waals surface area contributed by atoms with Gasteiger partial charge in [-0.2, -0.15) is 0 Å². The van der Waals surface area contributed by atoms with Crippen LogP contribution >= 0.6 is 0 Å². The van der Waals surface area contributed by atoms with Crippen molar-refractivity contribution in [1.82, 2.24) is 0 Å². The Morgan fingerprint density at radius 3 is 2.70 bits per heavy atom. The van der Waals surface area contributed by atoms with E-state index in [9.17, 15) is 14.3 Å². The molecule has 1 aromatic carbocycles. The van der Waals surface area contributed by atoms with E-state index in [1.54, 1.807) is 18.2 Å². The third kappa shape index (κ3) is 3.07. The molecule has 3 atom stereocenters. The van der Waals surface area contributed by atoms with Crippen LogP contribution in [-0.2, 0) is 10.8 Å². The van der Waals surface area contributed by atoms with Crippen molar-refractivity contribution in [3.05, 3.63) is 34.4 Å². The van der Waals surface area contributed by atoms with Crippen molar-refractivity contribution in [2.75, 3.05) is 0 Å². The van der Waals surface area contributed by atoms with E-state index in [1.165, 1.54) is 6.07 Å². The van der Waals surface area contributed by atoms with Gasteiger partial charge in [0, 0.05) is 12.1 Å². The first-order chi connectivity index (χ1) is 9.32. The molecule has 0 heterocycles. The summed E-state index contributed by atoms with van der Waals surface area (Å²) in [5.74, 6) is 0. The first-order valence-electron chi connectivity index (χ1n) is 6.71. The Labute approximate surface area is 121 Å². The van der Waals surface area contributed by atoms with Crippen LogP contribution in [0.1, 0.15) is 33.1 Å². The number of para-hydroxylation sites is 1. The molecule has 20 heavy (non-hydrogen) atoms. The summed E-state index contributed by atoms with van der Waals surface area (Å²) in [4.78, 5) is 10.9. The van der Waals surface area contributed by atoms with E-state index >= 15 is 0 Å². The molecule has 0 saturated heterocycles. The second-order valence-corrected chi connectivity index (χ2v) is 7.77. The molecule has 1 fully saturated rings. The maximum absolute atomic E-state index is 12.7. The van der Waals surface area contributed by atoms with Crippen molar-refractivity contribution in [1.29, 1.82) is 0 Å². The van der Waals surface area contributed by atoms with E-state index in [0.717, 1.165) is 19.3 Å². The lowest BCUT2D eigenvalue weighted by molar-refractivity contribution is -0.387. The van der Waals surface area contributed by atoms with Crippen LogP contribution in [0.3, 0.4) is 0 Å². The maximum atomic E-state index is 12.7. The van der Waals surface area contributed by atoms with Gasteiger partial charge in [-0.3, -0.25) is 14.3 Å². The summed E-state index contributed by atoms with van der Waals surface area (Å²) in [5, 5.41) is 10.8. The summed E-state index contributed by atoms with van der Waals surface area (Å²) in [6.07, 6.45) is 2.54. The first kappa shape index (κ1) is 15.1. The molecule has 0 bridgehead atoms. The molecule has 0 radical (unpaired) electrons. The molecule has 3 unspecified atom stereocenters. The highest BCUT2D eigenvalue weighted by Gasteiger charge is 2.38. The quantitative estimate of drug-likeness (QED) is 0.686. The highest BCUT2D eigenvalue weighted by Crippen LogP contribution is 2.39. The minimum Gasteiger partial charge on any atom is -0.327 e. The lowest BCUT2D eigenvalue weighted by Gasteiger charge is -2.38. The normalized spacial score (nSPS) is 26.9. The standard InChI is InChI=1S/C14H20N2O3S/c1-14(2)8-7-10(15)13(9-14)20(19)12-6-4-3-5-11(12)16(17)18/h3-6,10,13H,7-9,15H2,1-2H3. The summed E-state index contributed by atoms with van der Waals surface area (Å²) in [6, 6.07) is 6.07. The molecule has 1 aromatic rings. The van der Waals surface area contributed by atoms with Crippen LogP contribution in [0.25, 0.3) is 0 Å². The van der Waals surface area contributed by atoms with Crippen molar-refractivity contribution in [2.24, 2.45) is 11.1 Å². The topological polar surface area (TPSA) is 86.2 Å². The van der Waals surface area contributed by atoms with E-state index < -0.39 is 15.7 Å². The largest absolute Gasteiger partial charge is 0.327 e. The van der Waals surface area contributed by atoms with Crippen LogP contribution in [-0.4, -0.2) is 20.4 Å². The maximum Gasteiger partial charge on any atom is 0.285 e. The van der Waals surface area contributed by atoms with Gasteiger partial charge in [0.05, 0.1) is 21.0 Å². The Morgan fingerprint density at radius 2 is 2.05 bits per heavy atom. The number of nitro groups is 1. The van der Waals surface area contributed by atoms with E-state index in [2.05, 4.69) is 13.8 Å². The lowest BCUT2D eigenvalue weighted by atomic mass is 9.75. The Balaban J connectivity index is 2.33. The molecule has 1 aliphatic rings. The zero-order valence-electron chi connectivity index (χ0n) is 11.7. The van der Waals surface area contributed by atoms with Crippen molar-refractivity contribution in [3.63, 3.8) is 0 Å². The predicted octanol–water partition coefficient (Wildman–Crippen LogP) is 2.61. The number of nitro benzene ring substituents is 1. The van der Waals surface area contributed by atoms with Crippen molar-refractivity contribution >= 4 is 16.5 Å².